The van der Waals surface area contributed by atoms with Crippen LogP contribution in [0, 0.1) is 0 Å². The molecular weight excluding hydrogens is 148 g/mol. The maximum absolute atomic E-state index is 7.57. The summed E-state index contributed by atoms with van der Waals surface area (Å²) >= 11 is 0. The van der Waals surface area contributed by atoms with Crippen LogP contribution in [0.3, 0.4) is 0 Å². The predicted molar refractivity (Wildman–Crippen MR) is 35.8 cm³/mol. The van der Waals surface area contributed by atoms with Gasteiger partial charge in [-0.25, -0.2) is 0 Å². The Hall–Kier alpha value is 1.43. The van der Waals surface area contributed by atoms with E-state index in [0.29, 0.717) is 0 Å². The van der Waals surface area contributed by atoms with E-state index in [1.54, 1.807) is 6.92 Å². The van der Waals surface area contributed by atoms with Crippen molar-refractivity contribution in [1.29, 1.82) is 0 Å². The van der Waals surface area contributed by atoms with E-state index in [1.165, 1.54) is 0 Å². The molecule has 0 heterocycles. The summed E-state index contributed by atoms with van der Waals surface area (Å²) in [5.74, 6) is 0. The van der Waals surface area contributed by atoms with Crippen molar-refractivity contribution in [3.63, 3.8) is 0 Å². The van der Waals surface area contributed by atoms with Gasteiger partial charge in [0.1, 0.15) is 0 Å². The molecule has 7 heavy (non-hydrogen) atoms. The van der Waals surface area contributed by atoms with Gasteiger partial charge in [0.05, 0.1) is 0 Å². The summed E-state index contributed by atoms with van der Waals surface area (Å²) in [5, 5.41) is 7.57. The van der Waals surface area contributed by atoms with Crippen LogP contribution in [-0.2, 0) is 0 Å². The summed E-state index contributed by atoms with van der Waals surface area (Å²) in [5.41, 5.74) is 0. The fourth-order valence-electron chi connectivity index (χ4n) is 0. The first-order valence-electron chi connectivity index (χ1n) is 1.02. The molecule has 0 aromatic rings. The number of hydrogen-bond acceptors (Lipinski definition) is 1. The quantitative estimate of drug-likeness (QED) is 0.403. The second kappa shape index (κ2) is 52.0. The molecule has 0 aliphatic rings. The van der Waals surface area contributed by atoms with Gasteiger partial charge in [0, 0.05) is 6.61 Å². The number of rotatable bonds is 0. The van der Waals surface area contributed by atoms with Gasteiger partial charge in [-0.3, -0.25) is 0 Å². The Balaban J connectivity index is -0.00000000333. The molecule has 0 atom stereocenters. The summed E-state index contributed by atoms with van der Waals surface area (Å²) in [6.45, 7) is 1.93. The molecule has 0 spiro atoms. The zero-order valence-corrected chi connectivity index (χ0v) is 4.38. The monoisotopic (exact) mass is 160 g/mol. The van der Waals surface area contributed by atoms with E-state index in [1.807, 2.05) is 0 Å². The molecule has 0 saturated carbocycles. The average Bonchev–Trinajstić information content (AvgIpc) is 0.918. The van der Waals surface area contributed by atoms with Crippen LogP contribution >= 0.6 is 12.4 Å². The third-order valence-corrected chi connectivity index (χ3v) is 0. The van der Waals surface area contributed by atoms with Gasteiger partial charge >= 0.3 is 37.7 Å². The Morgan fingerprint density at radius 2 is 1.29 bits per heavy atom. The summed E-state index contributed by atoms with van der Waals surface area (Å²) in [7, 11) is 0. The van der Waals surface area contributed by atoms with Crippen LogP contribution in [0.25, 0.3) is 0 Å². The molecule has 48 valence electrons. The number of hydrogen-bond donors (Lipinski definition) is 1. The van der Waals surface area contributed by atoms with Crippen LogP contribution < -0.4 is 0 Å². The molecular formula is C2H13CaClO3. The van der Waals surface area contributed by atoms with Crippen LogP contribution in [0.15, 0.2) is 0 Å². The van der Waals surface area contributed by atoms with E-state index in [4.69, 9.17) is 5.11 Å². The topological polar surface area (TPSA) is 83.2 Å². The molecule has 5 N–H and O–H groups in total. The van der Waals surface area contributed by atoms with Gasteiger partial charge in [0.15, 0.2) is 0 Å². The van der Waals surface area contributed by atoms with Crippen molar-refractivity contribution in [2.24, 2.45) is 0 Å². The van der Waals surface area contributed by atoms with Crippen molar-refractivity contribution < 1.29 is 16.1 Å². The Bertz CT molecular complexity index is 12.9. The van der Waals surface area contributed by atoms with Crippen molar-refractivity contribution in [2.75, 3.05) is 6.61 Å². The fourth-order valence-corrected chi connectivity index (χ4v) is 0. The predicted octanol–water partition coefficient (Wildman–Crippen LogP) is -2.15. The van der Waals surface area contributed by atoms with E-state index in [9.17, 15) is 0 Å². The number of halogens is 1. The van der Waals surface area contributed by atoms with E-state index >= 15 is 0 Å². The van der Waals surface area contributed by atoms with E-state index in [0.717, 1.165) is 0 Å². The molecule has 0 radical (unpaired) electrons. The Labute approximate surface area is 79.1 Å². The van der Waals surface area contributed by atoms with Crippen LogP contribution in [0.5, 0.6) is 0 Å². The van der Waals surface area contributed by atoms with Gasteiger partial charge in [-0.1, -0.05) is 0 Å². The molecule has 0 aliphatic carbocycles. The number of aliphatic hydroxyl groups is 1. The first kappa shape index (κ1) is 39.6. The van der Waals surface area contributed by atoms with Crippen LogP contribution in [0.4, 0.5) is 0 Å². The minimum absolute atomic E-state index is 0. The average molecular weight is 161 g/mol. The van der Waals surface area contributed by atoms with E-state index in [-0.39, 0.29) is 67.7 Å². The standard InChI is InChI=1S/C2H6O.Ca.ClH.2H2O.2H/c1-2-3;;;;;;/h3H,2H2,1H3;;1H;2*1H2;;. The van der Waals surface area contributed by atoms with Crippen molar-refractivity contribution in [2.45, 2.75) is 6.92 Å². The van der Waals surface area contributed by atoms with Gasteiger partial charge < -0.3 is 16.1 Å². The van der Waals surface area contributed by atoms with Gasteiger partial charge in [-0.05, 0) is 6.92 Å². The fraction of sp³-hybridized carbons (Fsp3) is 1.00. The molecule has 5 heteroatoms. The Morgan fingerprint density at radius 1 is 1.29 bits per heavy atom. The van der Waals surface area contributed by atoms with Crippen molar-refractivity contribution in [3.8, 4) is 0 Å². The third kappa shape index (κ3) is 107. The maximum atomic E-state index is 7.57. The Kier molecular flexibility index (Phi) is 294. The molecule has 3 nitrogen and oxygen atoms in total. The number of aliphatic hydroxyl groups excluding tert-OH is 1. The molecule has 0 aliphatic heterocycles. The van der Waals surface area contributed by atoms with Gasteiger partial charge in [-0.15, -0.1) is 12.4 Å². The summed E-state index contributed by atoms with van der Waals surface area (Å²) in [4.78, 5) is 0. The zero-order valence-electron chi connectivity index (χ0n) is 3.56. The van der Waals surface area contributed by atoms with Gasteiger partial charge in [0.25, 0.3) is 0 Å². The van der Waals surface area contributed by atoms with E-state index < -0.39 is 0 Å². The summed E-state index contributed by atoms with van der Waals surface area (Å²) < 4.78 is 0. The van der Waals surface area contributed by atoms with Gasteiger partial charge in [-0.2, -0.15) is 0 Å². The van der Waals surface area contributed by atoms with E-state index in [2.05, 4.69) is 0 Å². The third-order valence-electron chi connectivity index (χ3n) is 0. The van der Waals surface area contributed by atoms with Crippen LogP contribution in [0.2, 0.25) is 0 Å². The van der Waals surface area contributed by atoms with Crippen molar-refractivity contribution in [3.05, 3.63) is 0 Å². The molecule has 0 aromatic heterocycles. The molecule has 0 unspecified atom stereocenters. The normalized spacial score (nSPS) is 2.57. The molecule has 0 fully saturated rings. The van der Waals surface area contributed by atoms with Crippen LogP contribution in [-0.4, -0.2) is 60.4 Å². The first-order valence-corrected chi connectivity index (χ1v) is 1.02. The molecule has 0 bridgehead atoms. The van der Waals surface area contributed by atoms with Crippen molar-refractivity contribution >= 4 is 50.1 Å². The second-order valence-electron chi connectivity index (χ2n) is 0.316. The minimum atomic E-state index is 0. The Morgan fingerprint density at radius 3 is 1.29 bits per heavy atom. The van der Waals surface area contributed by atoms with Gasteiger partial charge in [0.2, 0.25) is 0 Å². The molecule has 0 aromatic carbocycles. The molecule has 0 saturated heterocycles. The van der Waals surface area contributed by atoms with Crippen LogP contribution in [0.1, 0.15) is 6.92 Å². The molecule has 0 rings (SSSR count). The first-order chi connectivity index (χ1) is 1.41. The SMILES string of the molecule is CCO.Cl.O.O.[CaH2]. The summed E-state index contributed by atoms with van der Waals surface area (Å²) in [6, 6.07) is 0. The second-order valence-corrected chi connectivity index (χ2v) is 0.316. The summed E-state index contributed by atoms with van der Waals surface area (Å²) in [6.07, 6.45) is 0. The van der Waals surface area contributed by atoms with Crippen molar-refractivity contribution in [1.82, 2.24) is 0 Å². The zero-order chi connectivity index (χ0) is 2.71. The molecule has 0 amide bonds.